The second-order valence-electron chi connectivity index (χ2n) is 20.6. The number of carbonyl (C=O) groups excluding carboxylic acids is 3. The minimum atomic E-state index is -0.769. The largest absolute Gasteiger partial charge is 0.462 e. The van der Waals surface area contributed by atoms with Crippen LogP contribution in [0.5, 0.6) is 0 Å². The Balaban J connectivity index is 4.10. The molecule has 0 aromatic heterocycles. The average molecular weight is 958 g/mol. The summed E-state index contributed by atoms with van der Waals surface area (Å²) < 4.78 is 16.8. The number of ether oxygens (including phenoxy) is 3. The third-order valence-corrected chi connectivity index (χ3v) is 13.7. The van der Waals surface area contributed by atoms with Crippen molar-refractivity contribution in [3.05, 3.63) is 24.3 Å². The van der Waals surface area contributed by atoms with E-state index >= 15 is 0 Å². The van der Waals surface area contributed by atoms with Crippen molar-refractivity contribution in [3.63, 3.8) is 0 Å². The molecule has 0 rings (SSSR count). The summed E-state index contributed by atoms with van der Waals surface area (Å²) in [5.74, 6) is -0.861. The van der Waals surface area contributed by atoms with Crippen molar-refractivity contribution in [2.45, 2.75) is 341 Å². The molecule has 0 aliphatic carbocycles. The second-order valence-corrected chi connectivity index (χ2v) is 20.6. The maximum Gasteiger partial charge on any atom is 0.306 e. The summed E-state index contributed by atoms with van der Waals surface area (Å²) in [4.78, 5) is 38.0. The molecule has 6 nitrogen and oxygen atoms in total. The summed E-state index contributed by atoms with van der Waals surface area (Å²) in [6.07, 6.45) is 67.7. The SMILES string of the molecule is CCC/C=C\CCCCCCCC(=O)OCC(COC(=O)CCCCCCCCCCCCCCCCC/C=C\CCCCCCCCCC)OC(=O)CCCCCCCCCCCCCCC. The molecular formula is C62H116O6. The van der Waals surface area contributed by atoms with Gasteiger partial charge >= 0.3 is 17.9 Å². The normalized spacial score (nSPS) is 12.1. The quantitative estimate of drug-likeness (QED) is 0.0262. The fraction of sp³-hybridized carbons (Fsp3) is 0.887. The first kappa shape index (κ1) is 65.9. The van der Waals surface area contributed by atoms with Crippen LogP contribution in [0.15, 0.2) is 24.3 Å². The summed E-state index contributed by atoms with van der Waals surface area (Å²) in [6.45, 7) is 6.61. The Kier molecular flexibility index (Phi) is 55.7. The second kappa shape index (κ2) is 57.5. The molecule has 0 aliphatic heterocycles. The zero-order valence-electron chi connectivity index (χ0n) is 45.9. The van der Waals surface area contributed by atoms with Crippen LogP contribution in [0.4, 0.5) is 0 Å². The van der Waals surface area contributed by atoms with Crippen LogP contribution in [0.1, 0.15) is 335 Å². The van der Waals surface area contributed by atoms with Gasteiger partial charge in [0.25, 0.3) is 0 Å². The van der Waals surface area contributed by atoms with Gasteiger partial charge in [0.1, 0.15) is 13.2 Å². The minimum Gasteiger partial charge on any atom is -0.462 e. The molecule has 0 aliphatic rings. The van der Waals surface area contributed by atoms with Crippen LogP contribution in [-0.2, 0) is 28.6 Å². The molecule has 0 aromatic carbocycles. The van der Waals surface area contributed by atoms with Gasteiger partial charge in [-0.25, -0.2) is 0 Å². The van der Waals surface area contributed by atoms with E-state index in [1.807, 2.05) is 0 Å². The minimum absolute atomic E-state index is 0.0690. The molecule has 0 heterocycles. The maximum absolute atomic E-state index is 12.8. The molecule has 0 radical (unpaired) electrons. The van der Waals surface area contributed by atoms with Gasteiger partial charge < -0.3 is 14.2 Å². The highest BCUT2D eigenvalue weighted by Crippen LogP contribution is 2.17. The Bertz CT molecular complexity index is 1100. The summed E-state index contributed by atoms with van der Waals surface area (Å²) in [7, 11) is 0. The van der Waals surface area contributed by atoms with E-state index in [1.165, 1.54) is 225 Å². The van der Waals surface area contributed by atoms with E-state index in [9.17, 15) is 14.4 Å². The molecule has 0 aromatic rings. The summed E-state index contributed by atoms with van der Waals surface area (Å²) in [5.41, 5.74) is 0. The van der Waals surface area contributed by atoms with Gasteiger partial charge in [-0.05, 0) is 64.2 Å². The smallest absolute Gasteiger partial charge is 0.306 e. The maximum atomic E-state index is 12.8. The van der Waals surface area contributed by atoms with Crippen molar-refractivity contribution in [2.24, 2.45) is 0 Å². The lowest BCUT2D eigenvalue weighted by Crippen LogP contribution is -2.30. The van der Waals surface area contributed by atoms with Gasteiger partial charge in [0, 0.05) is 19.3 Å². The van der Waals surface area contributed by atoms with E-state index in [1.54, 1.807) is 0 Å². The summed E-state index contributed by atoms with van der Waals surface area (Å²) >= 11 is 0. The highest BCUT2D eigenvalue weighted by Gasteiger charge is 2.19. The van der Waals surface area contributed by atoms with Crippen molar-refractivity contribution in [1.29, 1.82) is 0 Å². The van der Waals surface area contributed by atoms with Gasteiger partial charge in [-0.1, -0.05) is 276 Å². The summed E-state index contributed by atoms with van der Waals surface area (Å²) in [5, 5.41) is 0. The number of allylic oxidation sites excluding steroid dienone is 4. The van der Waals surface area contributed by atoms with Crippen LogP contribution in [0.25, 0.3) is 0 Å². The van der Waals surface area contributed by atoms with Crippen LogP contribution in [0.2, 0.25) is 0 Å². The number of hydrogen-bond donors (Lipinski definition) is 0. The summed E-state index contributed by atoms with van der Waals surface area (Å²) in [6, 6.07) is 0. The molecule has 1 unspecified atom stereocenters. The molecule has 6 heteroatoms. The third-order valence-electron chi connectivity index (χ3n) is 13.7. The molecule has 0 N–H and O–H groups in total. The molecule has 0 bridgehead atoms. The number of unbranched alkanes of at least 4 members (excludes halogenated alkanes) is 41. The molecule has 0 saturated carbocycles. The predicted octanol–water partition coefficient (Wildman–Crippen LogP) is 20.3. The van der Waals surface area contributed by atoms with Crippen LogP contribution in [0, 0.1) is 0 Å². The zero-order chi connectivity index (χ0) is 49.3. The Morgan fingerprint density at radius 3 is 0.794 bits per heavy atom. The van der Waals surface area contributed by atoms with Crippen LogP contribution in [0.3, 0.4) is 0 Å². The monoisotopic (exact) mass is 957 g/mol. The first-order chi connectivity index (χ1) is 33.5. The Hall–Kier alpha value is -2.11. The Morgan fingerprint density at radius 1 is 0.279 bits per heavy atom. The van der Waals surface area contributed by atoms with Crippen molar-refractivity contribution in [1.82, 2.24) is 0 Å². The molecule has 0 amide bonds. The Labute approximate surface area is 423 Å². The molecule has 0 fully saturated rings. The number of carbonyl (C=O) groups is 3. The van der Waals surface area contributed by atoms with Crippen LogP contribution >= 0.6 is 0 Å². The van der Waals surface area contributed by atoms with Gasteiger partial charge in [0.05, 0.1) is 0 Å². The molecular weight excluding hydrogens is 841 g/mol. The molecule has 0 spiro atoms. The standard InChI is InChI=1S/C62H116O6/c1-4-7-10-13-16-19-22-24-25-26-27-28-29-30-31-32-33-34-35-36-37-39-40-43-46-49-52-55-61(64)67-58-59(57-66-60(63)54-51-48-45-42-21-18-15-12-9-6-3)68-62(65)56-53-50-47-44-41-38-23-20-17-14-11-8-5-2/h12,15,26-27,59H,4-11,13-14,16-25,28-58H2,1-3H3/b15-12-,27-26-. The molecule has 400 valence electrons. The van der Waals surface area contributed by atoms with Crippen LogP contribution < -0.4 is 0 Å². The molecule has 68 heavy (non-hydrogen) atoms. The van der Waals surface area contributed by atoms with Crippen LogP contribution in [-0.4, -0.2) is 37.2 Å². The number of esters is 3. The molecule has 0 saturated heterocycles. The highest BCUT2D eigenvalue weighted by molar-refractivity contribution is 5.71. The lowest BCUT2D eigenvalue weighted by Gasteiger charge is -2.18. The number of hydrogen-bond acceptors (Lipinski definition) is 6. The molecule has 1 atom stereocenters. The van der Waals surface area contributed by atoms with E-state index in [4.69, 9.17) is 14.2 Å². The van der Waals surface area contributed by atoms with E-state index in [2.05, 4.69) is 45.1 Å². The van der Waals surface area contributed by atoms with E-state index in [-0.39, 0.29) is 31.1 Å². The zero-order valence-corrected chi connectivity index (χ0v) is 45.9. The first-order valence-electron chi connectivity index (χ1n) is 30.3. The number of rotatable bonds is 56. The predicted molar refractivity (Wildman–Crippen MR) is 293 cm³/mol. The van der Waals surface area contributed by atoms with E-state index in [0.717, 1.165) is 70.6 Å². The third kappa shape index (κ3) is 54.8. The van der Waals surface area contributed by atoms with Gasteiger partial charge in [-0.3, -0.25) is 14.4 Å². The lowest BCUT2D eigenvalue weighted by atomic mass is 10.0. The fourth-order valence-electron chi connectivity index (χ4n) is 9.09. The van der Waals surface area contributed by atoms with Crippen molar-refractivity contribution in [2.75, 3.05) is 13.2 Å². The fourth-order valence-corrected chi connectivity index (χ4v) is 9.09. The lowest BCUT2D eigenvalue weighted by molar-refractivity contribution is -0.167. The van der Waals surface area contributed by atoms with E-state index < -0.39 is 6.10 Å². The topological polar surface area (TPSA) is 78.9 Å². The van der Waals surface area contributed by atoms with Crippen molar-refractivity contribution in [3.8, 4) is 0 Å². The van der Waals surface area contributed by atoms with Gasteiger partial charge in [0.2, 0.25) is 0 Å². The van der Waals surface area contributed by atoms with Gasteiger partial charge in [-0.15, -0.1) is 0 Å². The van der Waals surface area contributed by atoms with Gasteiger partial charge in [-0.2, -0.15) is 0 Å². The Morgan fingerprint density at radius 2 is 0.515 bits per heavy atom. The first-order valence-corrected chi connectivity index (χ1v) is 30.3. The highest BCUT2D eigenvalue weighted by atomic mass is 16.6. The van der Waals surface area contributed by atoms with Crippen molar-refractivity contribution >= 4 is 17.9 Å². The van der Waals surface area contributed by atoms with E-state index in [0.29, 0.717) is 19.3 Å². The van der Waals surface area contributed by atoms with Gasteiger partial charge in [0.15, 0.2) is 6.10 Å². The average Bonchev–Trinajstić information content (AvgIpc) is 3.34. The van der Waals surface area contributed by atoms with Crippen molar-refractivity contribution < 1.29 is 28.6 Å².